The van der Waals surface area contributed by atoms with E-state index in [1.807, 2.05) is 12.1 Å². The van der Waals surface area contributed by atoms with Gasteiger partial charge in [-0.25, -0.2) is 0 Å². The topological polar surface area (TPSA) is 37.4 Å². The quantitative estimate of drug-likeness (QED) is 0.694. The van der Waals surface area contributed by atoms with Gasteiger partial charge in [-0.1, -0.05) is 23.7 Å². The van der Waals surface area contributed by atoms with E-state index in [0.717, 1.165) is 5.56 Å². The molecule has 0 aromatic heterocycles. The molecule has 1 heterocycles. The summed E-state index contributed by atoms with van der Waals surface area (Å²) in [5.74, 6) is -0.282. The monoisotopic (exact) mass is 235 g/mol. The molecule has 4 heteroatoms. The number of benzene rings is 1. The number of fused-ring (bicyclic) bond motifs is 1. The predicted octanol–water partition coefficient (Wildman–Crippen LogP) is 1.60. The molecule has 1 aliphatic carbocycles. The lowest BCUT2D eigenvalue weighted by atomic mass is 9.94. The number of nitrogens with zero attached hydrogens (tertiary/aromatic N) is 1. The van der Waals surface area contributed by atoms with Crippen molar-refractivity contribution in [2.75, 3.05) is 7.05 Å². The number of imide groups is 1. The minimum Gasteiger partial charge on any atom is -0.285 e. The maximum atomic E-state index is 12.0. The summed E-state index contributed by atoms with van der Waals surface area (Å²) < 4.78 is 0. The molecule has 1 saturated heterocycles. The van der Waals surface area contributed by atoms with Crippen LogP contribution in [-0.2, 0) is 15.0 Å². The molecule has 1 aromatic carbocycles. The average Bonchev–Trinajstić information content (AvgIpc) is 2.99. The number of hydrogen-bond acceptors (Lipinski definition) is 2. The molecule has 0 N–H and O–H groups in total. The van der Waals surface area contributed by atoms with Gasteiger partial charge in [-0.15, -0.1) is 0 Å². The molecule has 3 nitrogen and oxygen atoms in total. The Kier molecular flexibility index (Phi) is 1.76. The highest BCUT2D eigenvalue weighted by molar-refractivity contribution is 6.30. The van der Waals surface area contributed by atoms with Gasteiger partial charge >= 0.3 is 0 Å². The molecule has 0 radical (unpaired) electrons. The van der Waals surface area contributed by atoms with Crippen molar-refractivity contribution in [3.8, 4) is 0 Å². The second kappa shape index (κ2) is 2.86. The molecule has 1 saturated carbocycles. The first-order chi connectivity index (χ1) is 7.57. The first-order valence-corrected chi connectivity index (χ1v) is 5.53. The van der Waals surface area contributed by atoms with E-state index in [-0.39, 0.29) is 17.7 Å². The smallest absolute Gasteiger partial charge is 0.240 e. The van der Waals surface area contributed by atoms with Crippen LogP contribution in [0.15, 0.2) is 24.3 Å². The second-order valence-electron chi connectivity index (χ2n) is 4.44. The lowest BCUT2D eigenvalue weighted by Gasteiger charge is -2.14. The Morgan fingerprint density at radius 3 is 2.44 bits per heavy atom. The Balaban J connectivity index is 2.06. The molecule has 16 heavy (non-hydrogen) atoms. The van der Waals surface area contributed by atoms with Gasteiger partial charge < -0.3 is 0 Å². The number of rotatable bonds is 1. The number of carbonyl (C=O) groups excluding carboxylic acids is 2. The number of likely N-dealkylation sites (tertiary alicyclic amines) is 1. The molecule has 2 fully saturated rings. The van der Waals surface area contributed by atoms with Crippen LogP contribution >= 0.6 is 11.6 Å². The molecule has 0 bridgehead atoms. The summed E-state index contributed by atoms with van der Waals surface area (Å²) in [6, 6.07) is 7.20. The molecule has 1 aliphatic heterocycles. The van der Waals surface area contributed by atoms with Crippen molar-refractivity contribution in [1.82, 2.24) is 4.90 Å². The van der Waals surface area contributed by atoms with Crippen LogP contribution in [0.5, 0.6) is 0 Å². The first kappa shape index (κ1) is 9.85. The van der Waals surface area contributed by atoms with Crippen molar-refractivity contribution >= 4 is 23.4 Å². The summed E-state index contributed by atoms with van der Waals surface area (Å²) in [6.45, 7) is 0. The fourth-order valence-electron chi connectivity index (χ4n) is 2.62. The van der Waals surface area contributed by atoms with Crippen molar-refractivity contribution in [3.05, 3.63) is 34.9 Å². The van der Waals surface area contributed by atoms with E-state index in [9.17, 15) is 9.59 Å². The first-order valence-electron chi connectivity index (χ1n) is 5.15. The number of likely N-dealkylation sites (N-methyl/N-ethyl adjacent to an activating group) is 1. The van der Waals surface area contributed by atoms with Crippen LogP contribution in [0.4, 0.5) is 0 Å². The van der Waals surface area contributed by atoms with Gasteiger partial charge in [0, 0.05) is 12.1 Å². The maximum absolute atomic E-state index is 12.0. The van der Waals surface area contributed by atoms with Crippen LogP contribution in [-0.4, -0.2) is 23.8 Å². The van der Waals surface area contributed by atoms with Gasteiger partial charge in [0.25, 0.3) is 0 Å². The lowest BCUT2D eigenvalue weighted by Crippen LogP contribution is -2.32. The van der Waals surface area contributed by atoms with Crippen molar-refractivity contribution < 1.29 is 9.59 Å². The SMILES string of the molecule is CN1C(=O)C2CC2(c2ccc(Cl)cc2)C1=O. The van der Waals surface area contributed by atoms with Gasteiger partial charge in [0.15, 0.2) is 0 Å². The number of carbonyl (C=O) groups is 2. The van der Waals surface area contributed by atoms with Crippen LogP contribution in [0.3, 0.4) is 0 Å². The zero-order chi connectivity index (χ0) is 11.5. The van der Waals surface area contributed by atoms with Crippen LogP contribution in [0, 0.1) is 5.92 Å². The summed E-state index contributed by atoms with van der Waals surface area (Å²) in [5, 5.41) is 0.641. The van der Waals surface area contributed by atoms with Gasteiger partial charge in [0.2, 0.25) is 11.8 Å². The van der Waals surface area contributed by atoms with Crippen LogP contribution in [0.1, 0.15) is 12.0 Å². The highest BCUT2D eigenvalue weighted by atomic mass is 35.5. The van der Waals surface area contributed by atoms with Gasteiger partial charge in [-0.3, -0.25) is 14.5 Å². The van der Waals surface area contributed by atoms with Crippen molar-refractivity contribution in [3.63, 3.8) is 0 Å². The fraction of sp³-hybridized carbons (Fsp3) is 0.333. The Morgan fingerprint density at radius 1 is 1.31 bits per heavy atom. The molecular weight excluding hydrogens is 226 g/mol. The highest BCUT2D eigenvalue weighted by Gasteiger charge is 2.71. The Bertz CT molecular complexity index is 496. The zero-order valence-corrected chi connectivity index (χ0v) is 9.49. The third kappa shape index (κ3) is 0.990. The molecular formula is C12H10ClNO2. The van der Waals surface area contributed by atoms with Gasteiger partial charge in [0.1, 0.15) is 0 Å². The Labute approximate surface area is 98.0 Å². The fourth-order valence-corrected chi connectivity index (χ4v) is 2.75. The molecule has 2 amide bonds. The summed E-state index contributed by atoms with van der Waals surface area (Å²) in [4.78, 5) is 25.0. The normalized spacial score (nSPS) is 31.9. The predicted molar refractivity (Wildman–Crippen MR) is 59.0 cm³/mol. The molecule has 0 spiro atoms. The van der Waals surface area contributed by atoms with E-state index in [1.165, 1.54) is 4.90 Å². The number of halogens is 1. The van der Waals surface area contributed by atoms with Crippen LogP contribution < -0.4 is 0 Å². The van der Waals surface area contributed by atoms with E-state index < -0.39 is 5.41 Å². The molecule has 2 unspecified atom stereocenters. The van der Waals surface area contributed by atoms with Gasteiger partial charge in [-0.05, 0) is 24.1 Å². The lowest BCUT2D eigenvalue weighted by molar-refractivity contribution is -0.140. The maximum Gasteiger partial charge on any atom is 0.240 e. The molecule has 3 rings (SSSR count). The Morgan fingerprint density at radius 2 is 1.94 bits per heavy atom. The van der Waals surface area contributed by atoms with E-state index in [2.05, 4.69) is 0 Å². The highest BCUT2D eigenvalue weighted by Crippen LogP contribution is 2.60. The summed E-state index contributed by atoms with van der Waals surface area (Å²) in [6.07, 6.45) is 0.649. The van der Waals surface area contributed by atoms with E-state index in [1.54, 1.807) is 19.2 Å². The number of amides is 2. The largest absolute Gasteiger partial charge is 0.285 e. The van der Waals surface area contributed by atoms with Gasteiger partial charge in [0.05, 0.1) is 11.3 Å². The zero-order valence-electron chi connectivity index (χ0n) is 8.74. The molecule has 2 atom stereocenters. The summed E-state index contributed by atoms with van der Waals surface area (Å²) in [5.41, 5.74) is 0.334. The average molecular weight is 236 g/mol. The summed E-state index contributed by atoms with van der Waals surface area (Å²) >= 11 is 5.81. The van der Waals surface area contributed by atoms with E-state index in [0.29, 0.717) is 11.4 Å². The molecule has 82 valence electrons. The molecule has 2 aliphatic rings. The minimum atomic E-state index is -0.573. The Hall–Kier alpha value is -1.35. The third-order valence-corrected chi connectivity index (χ3v) is 3.89. The van der Waals surface area contributed by atoms with Crippen LogP contribution in [0.25, 0.3) is 0 Å². The van der Waals surface area contributed by atoms with E-state index >= 15 is 0 Å². The standard InChI is InChI=1S/C12H10ClNO2/c1-14-10(15)9-6-12(9,11(14)16)7-2-4-8(13)5-3-7/h2-5,9H,6H2,1H3. The van der Waals surface area contributed by atoms with Crippen molar-refractivity contribution in [1.29, 1.82) is 0 Å². The van der Waals surface area contributed by atoms with Gasteiger partial charge in [-0.2, -0.15) is 0 Å². The number of hydrogen-bond donors (Lipinski definition) is 0. The third-order valence-electron chi connectivity index (χ3n) is 3.64. The number of piperidine rings is 1. The van der Waals surface area contributed by atoms with Crippen LogP contribution in [0.2, 0.25) is 5.02 Å². The second-order valence-corrected chi connectivity index (χ2v) is 4.87. The van der Waals surface area contributed by atoms with E-state index in [4.69, 9.17) is 11.6 Å². The van der Waals surface area contributed by atoms with Crippen molar-refractivity contribution in [2.45, 2.75) is 11.8 Å². The molecule has 1 aromatic rings. The van der Waals surface area contributed by atoms with Crippen molar-refractivity contribution in [2.24, 2.45) is 5.92 Å². The summed E-state index contributed by atoms with van der Waals surface area (Å²) in [7, 11) is 1.55. The minimum absolute atomic E-state index is 0.0556.